The number of pyridine rings is 1. The number of halogens is 3. The van der Waals surface area contributed by atoms with Gasteiger partial charge in [0.1, 0.15) is 11.8 Å². The molecule has 126 valence electrons. The number of hydrogen-bond acceptors (Lipinski definition) is 4. The number of alkyl halides is 3. The molecule has 0 saturated heterocycles. The van der Waals surface area contributed by atoms with E-state index in [2.05, 4.69) is 10.3 Å². The minimum absolute atomic E-state index is 0.221. The third-order valence-corrected chi connectivity index (χ3v) is 3.65. The molecule has 1 N–H and O–H groups in total. The normalized spacial score (nSPS) is 11.2. The number of anilines is 2. The Balaban J connectivity index is 2.13. The molecule has 25 heavy (non-hydrogen) atoms. The van der Waals surface area contributed by atoms with Crippen LogP contribution in [-0.4, -0.2) is 12.1 Å². The molecular weight excluding hydrogens is 331 g/mol. The average molecular weight is 343 g/mol. The number of nitriles is 1. The monoisotopic (exact) mass is 343 g/mol. The van der Waals surface area contributed by atoms with Gasteiger partial charge in [0.25, 0.3) is 0 Å². The standard InChI is InChI=1S/C18H12F3N3O/c1-25-14-5-6-16-15(8-14)17(11(9-22)10-23-16)24-13-4-2-3-12(7-13)18(19,20)21/h2-8,10H,1H3,(H,23,24). The van der Waals surface area contributed by atoms with Crippen molar-refractivity contribution < 1.29 is 17.9 Å². The Morgan fingerprint density at radius 2 is 1.96 bits per heavy atom. The van der Waals surface area contributed by atoms with Gasteiger partial charge in [-0.25, -0.2) is 0 Å². The molecule has 7 heteroatoms. The van der Waals surface area contributed by atoms with Crippen molar-refractivity contribution in [1.82, 2.24) is 4.98 Å². The van der Waals surface area contributed by atoms with E-state index in [1.807, 2.05) is 6.07 Å². The van der Waals surface area contributed by atoms with Crippen LogP contribution in [0.15, 0.2) is 48.7 Å². The van der Waals surface area contributed by atoms with Crippen molar-refractivity contribution in [2.24, 2.45) is 0 Å². The highest BCUT2D eigenvalue weighted by Crippen LogP contribution is 2.34. The van der Waals surface area contributed by atoms with E-state index in [0.717, 1.165) is 12.1 Å². The summed E-state index contributed by atoms with van der Waals surface area (Å²) in [6, 6.07) is 11.9. The number of rotatable bonds is 3. The van der Waals surface area contributed by atoms with Crippen molar-refractivity contribution in [2.45, 2.75) is 6.18 Å². The molecule has 1 heterocycles. The third-order valence-electron chi connectivity index (χ3n) is 3.65. The number of aromatic nitrogens is 1. The third kappa shape index (κ3) is 3.33. The number of nitrogens with one attached hydrogen (secondary N) is 1. The van der Waals surface area contributed by atoms with Crippen molar-refractivity contribution >= 4 is 22.3 Å². The maximum atomic E-state index is 12.9. The topological polar surface area (TPSA) is 57.9 Å². The molecule has 0 saturated carbocycles. The Morgan fingerprint density at radius 3 is 2.64 bits per heavy atom. The molecule has 2 aromatic carbocycles. The van der Waals surface area contributed by atoms with Crippen LogP contribution in [0.1, 0.15) is 11.1 Å². The van der Waals surface area contributed by atoms with Crippen LogP contribution in [0.5, 0.6) is 5.75 Å². The van der Waals surface area contributed by atoms with Crippen LogP contribution in [0.4, 0.5) is 24.5 Å². The second-order valence-electron chi connectivity index (χ2n) is 5.25. The maximum Gasteiger partial charge on any atom is 0.416 e. The smallest absolute Gasteiger partial charge is 0.416 e. The fourth-order valence-corrected chi connectivity index (χ4v) is 2.44. The molecule has 0 amide bonds. The Kier molecular flexibility index (Phi) is 4.19. The quantitative estimate of drug-likeness (QED) is 0.736. The molecular formula is C18H12F3N3O. The number of benzene rings is 2. The Labute approximate surface area is 141 Å². The molecule has 0 radical (unpaired) electrons. The molecule has 3 aromatic rings. The summed E-state index contributed by atoms with van der Waals surface area (Å²) in [5, 5.41) is 12.8. The van der Waals surface area contributed by atoms with Crippen molar-refractivity contribution in [3.63, 3.8) is 0 Å². The van der Waals surface area contributed by atoms with Crippen LogP contribution in [0.3, 0.4) is 0 Å². The van der Waals surface area contributed by atoms with Crippen molar-refractivity contribution in [3.8, 4) is 11.8 Å². The lowest BCUT2D eigenvalue weighted by atomic mass is 10.1. The molecule has 0 aliphatic carbocycles. The Morgan fingerprint density at radius 1 is 1.16 bits per heavy atom. The first-order valence-corrected chi connectivity index (χ1v) is 7.23. The molecule has 0 atom stereocenters. The van der Waals surface area contributed by atoms with Gasteiger partial charge in [-0.15, -0.1) is 0 Å². The number of ether oxygens (including phenoxy) is 1. The molecule has 4 nitrogen and oxygen atoms in total. The van der Waals surface area contributed by atoms with Crippen LogP contribution in [-0.2, 0) is 6.18 Å². The Hall–Kier alpha value is -3.27. The van der Waals surface area contributed by atoms with E-state index < -0.39 is 11.7 Å². The molecule has 0 aliphatic heterocycles. The number of methoxy groups -OCH3 is 1. The van der Waals surface area contributed by atoms with Crippen LogP contribution in [0.25, 0.3) is 10.9 Å². The van der Waals surface area contributed by atoms with Gasteiger partial charge in [-0.1, -0.05) is 6.07 Å². The van der Waals surface area contributed by atoms with Gasteiger partial charge < -0.3 is 10.1 Å². The first kappa shape index (κ1) is 16.6. The van der Waals surface area contributed by atoms with Gasteiger partial charge in [0, 0.05) is 17.3 Å². The zero-order valence-electron chi connectivity index (χ0n) is 13.1. The minimum atomic E-state index is -4.45. The number of fused-ring (bicyclic) bond motifs is 1. The second kappa shape index (κ2) is 6.32. The summed E-state index contributed by atoms with van der Waals surface area (Å²) < 4.78 is 43.9. The van der Waals surface area contributed by atoms with E-state index in [0.29, 0.717) is 22.3 Å². The first-order valence-electron chi connectivity index (χ1n) is 7.23. The summed E-state index contributed by atoms with van der Waals surface area (Å²) in [7, 11) is 1.50. The highest BCUT2D eigenvalue weighted by molar-refractivity contribution is 5.96. The predicted octanol–water partition coefficient (Wildman–Crippen LogP) is 4.88. The number of hydrogen-bond donors (Lipinski definition) is 1. The Bertz CT molecular complexity index is 977. The molecule has 0 bridgehead atoms. The number of nitrogens with zero attached hydrogens (tertiary/aromatic N) is 2. The van der Waals surface area contributed by atoms with Gasteiger partial charge in [-0.3, -0.25) is 4.98 Å². The van der Waals surface area contributed by atoms with Crippen molar-refractivity contribution in [3.05, 3.63) is 59.8 Å². The van der Waals surface area contributed by atoms with E-state index in [-0.39, 0.29) is 11.3 Å². The molecule has 0 unspecified atom stereocenters. The summed E-state index contributed by atoms with van der Waals surface area (Å²) in [6.07, 6.45) is -3.07. The van der Waals surface area contributed by atoms with E-state index in [1.54, 1.807) is 18.2 Å². The highest BCUT2D eigenvalue weighted by Gasteiger charge is 2.30. The predicted molar refractivity (Wildman–Crippen MR) is 87.7 cm³/mol. The van der Waals surface area contributed by atoms with Gasteiger partial charge >= 0.3 is 6.18 Å². The maximum absolute atomic E-state index is 12.9. The second-order valence-corrected chi connectivity index (χ2v) is 5.25. The van der Waals surface area contributed by atoms with Crippen LogP contribution in [0.2, 0.25) is 0 Å². The van der Waals surface area contributed by atoms with Crippen molar-refractivity contribution in [1.29, 1.82) is 5.26 Å². The van der Waals surface area contributed by atoms with Gasteiger partial charge in [0.05, 0.1) is 29.4 Å². The van der Waals surface area contributed by atoms with E-state index >= 15 is 0 Å². The molecule has 3 rings (SSSR count). The zero-order chi connectivity index (χ0) is 18.0. The summed E-state index contributed by atoms with van der Waals surface area (Å²) >= 11 is 0. The van der Waals surface area contributed by atoms with E-state index in [9.17, 15) is 18.4 Å². The molecule has 0 fully saturated rings. The lowest BCUT2D eigenvalue weighted by Gasteiger charge is -2.14. The fourth-order valence-electron chi connectivity index (χ4n) is 2.44. The average Bonchev–Trinajstić information content (AvgIpc) is 2.61. The zero-order valence-corrected chi connectivity index (χ0v) is 13.1. The van der Waals surface area contributed by atoms with Gasteiger partial charge in [0.15, 0.2) is 0 Å². The summed E-state index contributed by atoms with van der Waals surface area (Å²) in [6.45, 7) is 0. The van der Waals surface area contributed by atoms with E-state index in [4.69, 9.17) is 4.74 Å². The van der Waals surface area contributed by atoms with Gasteiger partial charge in [0.2, 0.25) is 0 Å². The first-order chi connectivity index (χ1) is 11.9. The van der Waals surface area contributed by atoms with Crippen molar-refractivity contribution in [2.75, 3.05) is 12.4 Å². The van der Waals surface area contributed by atoms with Crippen LogP contribution < -0.4 is 10.1 Å². The van der Waals surface area contributed by atoms with Gasteiger partial charge in [-0.05, 0) is 36.4 Å². The summed E-state index contributed by atoms with van der Waals surface area (Å²) in [5.74, 6) is 0.552. The summed E-state index contributed by atoms with van der Waals surface area (Å²) in [5.41, 5.74) is 0.645. The molecule has 1 aromatic heterocycles. The molecule has 0 spiro atoms. The molecule has 0 aliphatic rings. The van der Waals surface area contributed by atoms with Crippen LogP contribution >= 0.6 is 0 Å². The fraction of sp³-hybridized carbons (Fsp3) is 0.111. The lowest BCUT2D eigenvalue weighted by Crippen LogP contribution is -2.05. The van der Waals surface area contributed by atoms with Gasteiger partial charge in [-0.2, -0.15) is 18.4 Å². The van der Waals surface area contributed by atoms with Crippen LogP contribution in [0, 0.1) is 11.3 Å². The SMILES string of the molecule is COc1ccc2ncc(C#N)c(Nc3cccc(C(F)(F)F)c3)c2c1. The minimum Gasteiger partial charge on any atom is -0.497 e. The highest BCUT2D eigenvalue weighted by atomic mass is 19.4. The van der Waals surface area contributed by atoms with E-state index in [1.165, 1.54) is 25.4 Å². The lowest BCUT2D eigenvalue weighted by molar-refractivity contribution is -0.137. The largest absolute Gasteiger partial charge is 0.497 e. The summed E-state index contributed by atoms with van der Waals surface area (Å²) in [4.78, 5) is 4.19.